The van der Waals surface area contributed by atoms with Crippen molar-refractivity contribution in [2.75, 3.05) is 13.7 Å². The second-order valence-electron chi connectivity index (χ2n) is 4.21. The predicted octanol–water partition coefficient (Wildman–Crippen LogP) is 3.50. The number of ether oxygens (including phenoxy) is 2. The smallest absolute Gasteiger partial charge is 0.339 e. The monoisotopic (exact) mass is 348 g/mol. The number of halogens is 1. The van der Waals surface area contributed by atoms with E-state index >= 15 is 0 Å². The number of rotatable bonds is 5. The number of hydrogen-bond acceptors (Lipinski definition) is 4. The van der Waals surface area contributed by atoms with E-state index in [1.807, 2.05) is 0 Å². The third-order valence-corrected chi connectivity index (χ3v) is 3.53. The van der Waals surface area contributed by atoms with Crippen molar-refractivity contribution in [2.24, 2.45) is 0 Å². The van der Waals surface area contributed by atoms with Crippen LogP contribution in [-0.4, -0.2) is 25.5 Å². The molecule has 0 amide bonds. The molecule has 0 aliphatic carbocycles. The van der Waals surface area contributed by atoms with Gasteiger partial charge in [0, 0.05) is 10.0 Å². The number of methoxy groups -OCH3 is 1. The van der Waals surface area contributed by atoms with Gasteiger partial charge in [-0.25, -0.2) is 4.79 Å². The Morgan fingerprint density at radius 3 is 2.33 bits per heavy atom. The maximum Gasteiger partial charge on any atom is 0.339 e. The van der Waals surface area contributed by atoms with Crippen molar-refractivity contribution < 1.29 is 19.1 Å². The topological polar surface area (TPSA) is 52.6 Å². The zero-order valence-electron chi connectivity index (χ0n) is 11.3. The molecule has 0 spiro atoms. The minimum absolute atomic E-state index is 0.266. The fourth-order valence-electron chi connectivity index (χ4n) is 1.70. The van der Waals surface area contributed by atoms with E-state index in [9.17, 15) is 9.59 Å². The SMILES string of the molecule is COc1ccc(C(=O)COC(=O)c2ccccc2Br)cc1. The summed E-state index contributed by atoms with van der Waals surface area (Å²) in [6.45, 7) is -0.299. The molecule has 2 aromatic rings. The van der Waals surface area contributed by atoms with Gasteiger partial charge < -0.3 is 9.47 Å². The van der Waals surface area contributed by atoms with Gasteiger partial charge >= 0.3 is 5.97 Å². The van der Waals surface area contributed by atoms with E-state index in [1.165, 1.54) is 0 Å². The van der Waals surface area contributed by atoms with Crippen molar-refractivity contribution in [3.05, 3.63) is 64.1 Å². The van der Waals surface area contributed by atoms with E-state index in [0.717, 1.165) is 0 Å². The summed E-state index contributed by atoms with van der Waals surface area (Å²) in [6.07, 6.45) is 0. The van der Waals surface area contributed by atoms with Gasteiger partial charge in [-0.1, -0.05) is 12.1 Å². The van der Waals surface area contributed by atoms with Gasteiger partial charge in [-0.3, -0.25) is 4.79 Å². The Balaban J connectivity index is 1.97. The highest BCUT2D eigenvalue weighted by Gasteiger charge is 2.13. The number of Topliss-reactive ketones (excluding diaryl/α,β-unsaturated/α-hetero) is 1. The zero-order valence-corrected chi connectivity index (χ0v) is 12.9. The van der Waals surface area contributed by atoms with E-state index in [-0.39, 0.29) is 12.4 Å². The molecule has 5 heteroatoms. The van der Waals surface area contributed by atoms with Crippen LogP contribution in [-0.2, 0) is 4.74 Å². The van der Waals surface area contributed by atoms with Crippen LogP contribution in [0.15, 0.2) is 53.0 Å². The van der Waals surface area contributed by atoms with Crippen LogP contribution >= 0.6 is 15.9 Å². The number of hydrogen-bond donors (Lipinski definition) is 0. The number of carbonyl (C=O) groups excluding carboxylic acids is 2. The van der Waals surface area contributed by atoms with E-state index < -0.39 is 5.97 Å². The molecule has 0 aromatic heterocycles. The Bertz CT molecular complexity index is 650. The highest BCUT2D eigenvalue weighted by molar-refractivity contribution is 9.10. The number of ketones is 1. The van der Waals surface area contributed by atoms with Gasteiger partial charge in [0.2, 0.25) is 0 Å². The summed E-state index contributed by atoms with van der Waals surface area (Å²) in [4.78, 5) is 23.8. The number of benzene rings is 2. The van der Waals surface area contributed by atoms with Crippen LogP contribution in [0.2, 0.25) is 0 Å². The maximum absolute atomic E-state index is 11.9. The summed E-state index contributed by atoms with van der Waals surface area (Å²) in [7, 11) is 1.55. The summed E-state index contributed by atoms with van der Waals surface area (Å²) >= 11 is 3.27. The molecule has 108 valence electrons. The summed E-state index contributed by atoms with van der Waals surface area (Å²) in [6, 6.07) is 13.5. The molecule has 0 heterocycles. The van der Waals surface area contributed by atoms with E-state index in [4.69, 9.17) is 9.47 Å². The molecule has 0 saturated heterocycles. The molecule has 0 radical (unpaired) electrons. The standard InChI is InChI=1S/C16H13BrO4/c1-20-12-8-6-11(7-9-12)15(18)10-21-16(19)13-4-2-3-5-14(13)17/h2-9H,10H2,1H3. The minimum Gasteiger partial charge on any atom is -0.497 e. The molecule has 2 rings (SSSR count). The first kappa shape index (κ1) is 15.3. The lowest BCUT2D eigenvalue weighted by Crippen LogP contribution is -2.14. The Morgan fingerprint density at radius 1 is 1.05 bits per heavy atom. The molecule has 21 heavy (non-hydrogen) atoms. The van der Waals surface area contributed by atoms with Gasteiger partial charge in [0.05, 0.1) is 12.7 Å². The van der Waals surface area contributed by atoms with Gasteiger partial charge in [-0.05, 0) is 52.3 Å². The van der Waals surface area contributed by atoms with E-state index in [1.54, 1.807) is 55.6 Å². The molecule has 0 aliphatic heterocycles. The van der Waals surface area contributed by atoms with Crippen LogP contribution in [0.4, 0.5) is 0 Å². The van der Waals surface area contributed by atoms with Gasteiger partial charge in [0.15, 0.2) is 12.4 Å². The first-order valence-electron chi connectivity index (χ1n) is 6.20. The Kier molecular flexibility index (Phi) is 5.11. The quantitative estimate of drug-likeness (QED) is 0.613. The van der Waals surface area contributed by atoms with Gasteiger partial charge in [0.1, 0.15) is 5.75 Å². The molecule has 4 nitrogen and oxygen atoms in total. The molecule has 2 aromatic carbocycles. The molecule has 0 atom stereocenters. The lowest BCUT2D eigenvalue weighted by atomic mass is 10.1. The second kappa shape index (κ2) is 7.04. The van der Waals surface area contributed by atoms with Crippen LogP contribution in [0.1, 0.15) is 20.7 Å². The van der Waals surface area contributed by atoms with Gasteiger partial charge in [-0.15, -0.1) is 0 Å². The fraction of sp³-hybridized carbons (Fsp3) is 0.125. The van der Waals surface area contributed by atoms with Crippen LogP contribution in [0.3, 0.4) is 0 Å². The van der Waals surface area contributed by atoms with Crippen LogP contribution in [0.5, 0.6) is 5.75 Å². The first-order valence-corrected chi connectivity index (χ1v) is 7.00. The van der Waals surface area contributed by atoms with Gasteiger partial charge in [-0.2, -0.15) is 0 Å². The normalized spacial score (nSPS) is 10.0. The summed E-state index contributed by atoms with van der Waals surface area (Å²) in [5.41, 5.74) is 0.857. The van der Waals surface area contributed by atoms with Crippen LogP contribution in [0.25, 0.3) is 0 Å². The van der Waals surface area contributed by atoms with Crippen molar-refractivity contribution in [1.82, 2.24) is 0 Å². The molecule has 0 fully saturated rings. The minimum atomic E-state index is -0.538. The highest BCUT2D eigenvalue weighted by atomic mass is 79.9. The van der Waals surface area contributed by atoms with Crippen LogP contribution in [0, 0.1) is 0 Å². The Morgan fingerprint density at radius 2 is 1.71 bits per heavy atom. The largest absolute Gasteiger partial charge is 0.497 e. The molecule has 0 bridgehead atoms. The second-order valence-corrected chi connectivity index (χ2v) is 5.06. The first-order chi connectivity index (χ1) is 10.1. The van der Waals surface area contributed by atoms with Crippen LogP contribution < -0.4 is 4.74 Å². The molecule has 0 aliphatic rings. The summed E-state index contributed by atoms with van der Waals surface area (Å²) in [5, 5.41) is 0. The Hall–Kier alpha value is -2.14. The lowest BCUT2D eigenvalue weighted by molar-refractivity contribution is 0.0474. The zero-order chi connectivity index (χ0) is 15.2. The fourth-order valence-corrected chi connectivity index (χ4v) is 2.14. The number of carbonyl (C=O) groups is 2. The van der Waals surface area contributed by atoms with Crippen molar-refractivity contribution in [3.63, 3.8) is 0 Å². The molecular weight excluding hydrogens is 336 g/mol. The Labute approximate surface area is 130 Å². The maximum atomic E-state index is 11.9. The number of esters is 1. The third-order valence-electron chi connectivity index (χ3n) is 2.84. The lowest BCUT2D eigenvalue weighted by Gasteiger charge is -2.06. The molecule has 0 N–H and O–H groups in total. The highest BCUT2D eigenvalue weighted by Crippen LogP contribution is 2.17. The molecule has 0 unspecified atom stereocenters. The average molecular weight is 349 g/mol. The van der Waals surface area contributed by atoms with Crippen molar-refractivity contribution in [3.8, 4) is 5.75 Å². The molecule has 0 saturated carbocycles. The van der Waals surface area contributed by atoms with Crippen molar-refractivity contribution in [1.29, 1.82) is 0 Å². The average Bonchev–Trinajstić information content (AvgIpc) is 2.52. The molecular formula is C16H13BrO4. The van der Waals surface area contributed by atoms with E-state index in [2.05, 4.69) is 15.9 Å². The summed E-state index contributed by atoms with van der Waals surface area (Å²) < 4.78 is 10.7. The van der Waals surface area contributed by atoms with Crippen molar-refractivity contribution in [2.45, 2.75) is 0 Å². The predicted molar refractivity (Wildman–Crippen MR) is 81.7 cm³/mol. The van der Waals surface area contributed by atoms with Gasteiger partial charge in [0.25, 0.3) is 0 Å². The third kappa shape index (κ3) is 3.92. The summed E-state index contributed by atoms with van der Waals surface area (Å²) in [5.74, 6) is -0.140. The van der Waals surface area contributed by atoms with E-state index in [0.29, 0.717) is 21.3 Å². The van der Waals surface area contributed by atoms with Crippen molar-refractivity contribution >= 4 is 27.7 Å².